The maximum Gasteiger partial charge on any atom is 0.131 e. The topological polar surface area (TPSA) is 0 Å². The van der Waals surface area contributed by atoms with Crippen LogP contribution in [0.4, 0.5) is 8.78 Å². The van der Waals surface area contributed by atoms with Crippen LogP contribution < -0.4 is 10.6 Å². The summed E-state index contributed by atoms with van der Waals surface area (Å²) in [5.74, 6) is -0.856. The van der Waals surface area contributed by atoms with E-state index in [4.69, 9.17) is 0 Å². The van der Waals surface area contributed by atoms with E-state index in [0.29, 0.717) is 11.1 Å². The van der Waals surface area contributed by atoms with Crippen LogP contribution in [0.15, 0.2) is 60.7 Å². The molecular weight excluding hydrogens is 316 g/mol. The highest BCUT2D eigenvalue weighted by molar-refractivity contribution is 7.27. The minimum absolute atomic E-state index is 0.272. The Hall–Kier alpha value is -1.62. The van der Waals surface area contributed by atoms with E-state index in [1.807, 2.05) is 24.3 Å². The molecule has 4 heteroatoms. The fraction of sp³-hybridized carbons (Fsp3) is 0. The van der Waals surface area contributed by atoms with Crippen molar-refractivity contribution >= 4 is 29.1 Å². The zero-order valence-corrected chi connectivity index (χ0v) is 14.0. The Labute approximate surface area is 133 Å². The van der Waals surface area contributed by atoms with Crippen molar-refractivity contribution in [2.24, 2.45) is 0 Å². The van der Waals surface area contributed by atoms with E-state index in [0.717, 1.165) is 10.6 Å². The van der Waals surface area contributed by atoms with Gasteiger partial charge in [0.15, 0.2) is 0 Å². The van der Waals surface area contributed by atoms with Crippen LogP contribution in [0.1, 0.15) is 0 Å². The summed E-state index contributed by atoms with van der Waals surface area (Å²) in [6, 6.07) is 17.0. The number of hydrogen-bond donors (Lipinski definition) is 0. The standard InChI is InChI=1S/C18H14F2P2/c19-17-10-16(12-3-7-14(22)8-4-12)18(20)9-15(17)11-1-5-13(21)6-2-11/h1-10H,21-22H2. The van der Waals surface area contributed by atoms with E-state index in [2.05, 4.69) is 18.5 Å². The largest absolute Gasteiger partial charge is 0.206 e. The van der Waals surface area contributed by atoms with Crippen molar-refractivity contribution in [1.82, 2.24) is 0 Å². The molecule has 2 atom stereocenters. The molecule has 0 bridgehead atoms. The van der Waals surface area contributed by atoms with Crippen LogP contribution in [0.3, 0.4) is 0 Å². The first-order valence-electron chi connectivity index (χ1n) is 6.75. The zero-order chi connectivity index (χ0) is 15.7. The van der Waals surface area contributed by atoms with Gasteiger partial charge in [-0.25, -0.2) is 8.78 Å². The Morgan fingerprint density at radius 2 is 0.864 bits per heavy atom. The van der Waals surface area contributed by atoms with Crippen molar-refractivity contribution < 1.29 is 8.78 Å². The predicted molar refractivity (Wildman–Crippen MR) is 95.9 cm³/mol. The second-order valence-electron chi connectivity index (χ2n) is 5.06. The van der Waals surface area contributed by atoms with Gasteiger partial charge < -0.3 is 0 Å². The van der Waals surface area contributed by atoms with Crippen molar-refractivity contribution in [2.75, 3.05) is 0 Å². The minimum Gasteiger partial charge on any atom is -0.206 e. The summed E-state index contributed by atoms with van der Waals surface area (Å²) < 4.78 is 28.8. The van der Waals surface area contributed by atoms with Crippen LogP contribution in [0, 0.1) is 11.6 Å². The molecule has 3 rings (SSSR count). The van der Waals surface area contributed by atoms with Gasteiger partial charge in [-0.1, -0.05) is 48.5 Å². The van der Waals surface area contributed by atoms with Crippen molar-refractivity contribution in [3.05, 3.63) is 72.3 Å². The summed E-state index contributed by atoms with van der Waals surface area (Å²) in [6.07, 6.45) is 0. The summed E-state index contributed by atoms with van der Waals surface area (Å²) in [5, 5.41) is 2.00. The van der Waals surface area contributed by atoms with E-state index < -0.39 is 11.6 Å². The monoisotopic (exact) mass is 330 g/mol. The molecule has 0 saturated carbocycles. The van der Waals surface area contributed by atoms with Gasteiger partial charge in [-0.05, 0) is 33.9 Å². The Morgan fingerprint density at radius 1 is 0.545 bits per heavy atom. The van der Waals surface area contributed by atoms with Gasteiger partial charge >= 0.3 is 0 Å². The molecule has 0 radical (unpaired) electrons. The lowest BCUT2D eigenvalue weighted by Crippen LogP contribution is -1.95. The molecule has 0 aliphatic carbocycles. The average molecular weight is 330 g/mol. The molecule has 3 aromatic rings. The van der Waals surface area contributed by atoms with E-state index >= 15 is 0 Å². The van der Waals surface area contributed by atoms with Crippen LogP contribution in [0.5, 0.6) is 0 Å². The normalized spacial score (nSPS) is 10.7. The molecule has 22 heavy (non-hydrogen) atoms. The molecule has 0 aliphatic rings. The summed E-state index contributed by atoms with van der Waals surface area (Å²) in [7, 11) is 5.13. The van der Waals surface area contributed by atoms with Crippen molar-refractivity contribution in [2.45, 2.75) is 0 Å². The van der Waals surface area contributed by atoms with Crippen LogP contribution >= 0.6 is 18.5 Å². The first-order valence-corrected chi connectivity index (χ1v) is 7.91. The molecule has 3 aromatic carbocycles. The smallest absolute Gasteiger partial charge is 0.131 e. The highest BCUT2D eigenvalue weighted by atomic mass is 31.0. The Bertz CT molecular complexity index is 738. The number of hydrogen-bond acceptors (Lipinski definition) is 0. The van der Waals surface area contributed by atoms with Gasteiger partial charge in [0.25, 0.3) is 0 Å². The fourth-order valence-corrected chi connectivity index (χ4v) is 2.70. The average Bonchev–Trinajstić information content (AvgIpc) is 2.51. The Balaban J connectivity index is 2.08. The van der Waals surface area contributed by atoms with Gasteiger partial charge in [-0.3, -0.25) is 0 Å². The molecule has 0 N–H and O–H groups in total. The number of halogens is 2. The fourth-order valence-electron chi connectivity index (χ4n) is 2.31. The summed E-state index contributed by atoms with van der Waals surface area (Å²) in [4.78, 5) is 0. The Morgan fingerprint density at radius 3 is 1.18 bits per heavy atom. The number of benzene rings is 3. The van der Waals surface area contributed by atoms with Gasteiger partial charge in [-0.2, -0.15) is 0 Å². The summed E-state index contributed by atoms with van der Waals surface area (Å²) in [6.45, 7) is 0. The molecule has 0 fully saturated rings. The molecule has 110 valence electrons. The van der Waals surface area contributed by atoms with E-state index in [1.54, 1.807) is 24.3 Å². The quantitative estimate of drug-likeness (QED) is 0.615. The zero-order valence-electron chi connectivity index (χ0n) is 11.7. The Kier molecular flexibility index (Phi) is 4.34. The van der Waals surface area contributed by atoms with Gasteiger partial charge in [0, 0.05) is 11.1 Å². The third kappa shape index (κ3) is 3.09. The minimum atomic E-state index is -0.428. The molecule has 0 aliphatic heterocycles. The molecule has 0 spiro atoms. The first kappa shape index (κ1) is 15.3. The van der Waals surface area contributed by atoms with Gasteiger partial charge in [-0.15, -0.1) is 18.5 Å². The van der Waals surface area contributed by atoms with E-state index in [9.17, 15) is 8.78 Å². The van der Waals surface area contributed by atoms with Crippen LogP contribution in [0.25, 0.3) is 22.3 Å². The van der Waals surface area contributed by atoms with Crippen LogP contribution in [0.2, 0.25) is 0 Å². The van der Waals surface area contributed by atoms with Crippen molar-refractivity contribution in [1.29, 1.82) is 0 Å². The first-order chi connectivity index (χ1) is 10.5. The molecule has 0 amide bonds. The SMILES string of the molecule is Fc1cc(-c2ccc(P)cc2)c(F)cc1-c1ccc(P)cc1. The van der Waals surface area contributed by atoms with Gasteiger partial charge in [0.2, 0.25) is 0 Å². The molecule has 2 unspecified atom stereocenters. The highest BCUT2D eigenvalue weighted by Gasteiger charge is 2.13. The maximum atomic E-state index is 14.4. The predicted octanol–water partition coefficient (Wildman–Crippen LogP) is 4.30. The van der Waals surface area contributed by atoms with E-state index in [1.165, 1.54) is 12.1 Å². The van der Waals surface area contributed by atoms with Crippen LogP contribution in [-0.4, -0.2) is 0 Å². The van der Waals surface area contributed by atoms with Crippen molar-refractivity contribution in [3.63, 3.8) is 0 Å². The third-order valence-corrected chi connectivity index (χ3v) is 4.27. The molecule has 0 nitrogen and oxygen atoms in total. The molecular formula is C18H14F2P2. The lowest BCUT2D eigenvalue weighted by atomic mass is 9.99. The lowest BCUT2D eigenvalue weighted by Gasteiger charge is -2.09. The molecule has 0 saturated heterocycles. The van der Waals surface area contributed by atoms with Gasteiger partial charge in [0.05, 0.1) is 0 Å². The summed E-state index contributed by atoms with van der Waals surface area (Å²) in [5.41, 5.74) is 1.87. The van der Waals surface area contributed by atoms with Crippen LogP contribution in [-0.2, 0) is 0 Å². The maximum absolute atomic E-state index is 14.4. The van der Waals surface area contributed by atoms with E-state index in [-0.39, 0.29) is 11.1 Å². The summed E-state index contributed by atoms with van der Waals surface area (Å²) >= 11 is 0. The number of rotatable bonds is 2. The lowest BCUT2D eigenvalue weighted by molar-refractivity contribution is 0.606. The highest BCUT2D eigenvalue weighted by Crippen LogP contribution is 2.30. The third-order valence-electron chi connectivity index (χ3n) is 3.50. The second kappa shape index (κ2) is 6.24. The molecule has 0 aromatic heterocycles. The second-order valence-corrected chi connectivity index (χ2v) is 6.39. The molecule has 0 heterocycles. The van der Waals surface area contributed by atoms with Gasteiger partial charge in [0.1, 0.15) is 11.6 Å². The van der Waals surface area contributed by atoms with Crippen molar-refractivity contribution in [3.8, 4) is 22.3 Å².